The van der Waals surface area contributed by atoms with Crippen LogP contribution >= 0.6 is 11.6 Å². The van der Waals surface area contributed by atoms with E-state index in [9.17, 15) is 0 Å². The molecule has 0 bridgehead atoms. The quantitative estimate of drug-likeness (QED) is 0.764. The zero-order chi connectivity index (χ0) is 13.7. The van der Waals surface area contributed by atoms with Gasteiger partial charge in [0.05, 0.1) is 13.0 Å². The van der Waals surface area contributed by atoms with Crippen LogP contribution < -0.4 is 9.47 Å². The molecular weight excluding hydrogens is 266 g/mol. The summed E-state index contributed by atoms with van der Waals surface area (Å²) in [5.41, 5.74) is 0.892. The van der Waals surface area contributed by atoms with E-state index in [1.54, 1.807) is 11.8 Å². The monoisotopic (exact) mass is 281 g/mol. The topological polar surface area (TPSA) is 49.2 Å². The van der Waals surface area contributed by atoms with Gasteiger partial charge in [-0.15, -0.1) is 11.6 Å². The van der Waals surface area contributed by atoms with Gasteiger partial charge in [-0.2, -0.15) is 5.10 Å². The second-order valence-corrected chi connectivity index (χ2v) is 4.13. The zero-order valence-electron chi connectivity index (χ0n) is 11.0. The largest absolute Gasteiger partial charge is 0.493 e. The van der Waals surface area contributed by atoms with Crippen LogP contribution in [0.25, 0.3) is 0 Å². The summed E-state index contributed by atoms with van der Waals surface area (Å²) >= 11 is 5.91. The fourth-order valence-corrected chi connectivity index (χ4v) is 2.00. The number of nitrogens with zero attached hydrogens (tertiary/aromatic N) is 3. The highest BCUT2D eigenvalue weighted by Crippen LogP contribution is 2.32. The molecular formula is C13H16ClN3O2. The van der Waals surface area contributed by atoms with Crippen LogP contribution in [0.3, 0.4) is 0 Å². The molecule has 19 heavy (non-hydrogen) atoms. The van der Waals surface area contributed by atoms with Crippen LogP contribution in [0.5, 0.6) is 11.5 Å². The molecule has 6 heteroatoms. The van der Waals surface area contributed by atoms with Crippen molar-refractivity contribution in [2.75, 3.05) is 7.11 Å². The fraction of sp³-hybridized carbons (Fsp3) is 0.385. The van der Waals surface area contributed by atoms with Crippen LogP contribution in [-0.2, 0) is 19.0 Å². The molecule has 2 aromatic rings. The highest BCUT2D eigenvalue weighted by Gasteiger charge is 2.11. The maximum Gasteiger partial charge on any atom is 0.166 e. The Morgan fingerprint density at radius 1 is 1.37 bits per heavy atom. The SMILES string of the molecule is CCn1ncnc1COc1c(CCl)cccc1OC. The first-order valence-corrected chi connectivity index (χ1v) is 6.55. The number of aromatic nitrogens is 3. The first-order chi connectivity index (χ1) is 9.30. The van der Waals surface area contributed by atoms with Crippen molar-refractivity contribution in [2.45, 2.75) is 26.0 Å². The van der Waals surface area contributed by atoms with Gasteiger partial charge in [0.2, 0.25) is 0 Å². The fourth-order valence-electron chi connectivity index (χ4n) is 1.79. The molecule has 0 unspecified atom stereocenters. The standard InChI is InChI=1S/C13H16ClN3O2/c1-3-17-12(15-9-16-17)8-19-13-10(7-14)5-4-6-11(13)18-2/h4-6,9H,3,7-8H2,1-2H3. The molecule has 2 rings (SSSR count). The van der Waals surface area contributed by atoms with Crippen LogP contribution in [0.2, 0.25) is 0 Å². The van der Waals surface area contributed by atoms with Crippen molar-refractivity contribution in [1.82, 2.24) is 14.8 Å². The van der Waals surface area contributed by atoms with Gasteiger partial charge >= 0.3 is 0 Å². The van der Waals surface area contributed by atoms with Crippen molar-refractivity contribution < 1.29 is 9.47 Å². The zero-order valence-corrected chi connectivity index (χ0v) is 11.7. The van der Waals surface area contributed by atoms with Gasteiger partial charge < -0.3 is 9.47 Å². The number of para-hydroxylation sites is 1. The molecule has 1 aromatic heterocycles. The number of hydrogen-bond acceptors (Lipinski definition) is 4. The van der Waals surface area contributed by atoms with E-state index in [2.05, 4.69) is 10.1 Å². The highest BCUT2D eigenvalue weighted by molar-refractivity contribution is 6.17. The van der Waals surface area contributed by atoms with E-state index >= 15 is 0 Å². The molecule has 0 aliphatic heterocycles. The Hall–Kier alpha value is -1.75. The van der Waals surface area contributed by atoms with E-state index in [0.29, 0.717) is 24.0 Å². The van der Waals surface area contributed by atoms with Crippen LogP contribution in [-0.4, -0.2) is 21.9 Å². The average molecular weight is 282 g/mol. The first kappa shape index (κ1) is 13.7. The Morgan fingerprint density at radius 2 is 2.21 bits per heavy atom. The second kappa shape index (κ2) is 6.43. The minimum Gasteiger partial charge on any atom is -0.493 e. The van der Waals surface area contributed by atoms with Gasteiger partial charge in [-0.1, -0.05) is 12.1 Å². The smallest absolute Gasteiger partial charge is 0.166 e. The summed E-state index contributed by atoms with van der Waals surface area (Å²) in [7, 11) is 1.61. The van der Waals surface area contributed by atoms with Gasteiger partial charge in [0.1, 0.15) is 12.9 Å². The summed E-state index contributed by atoms with van der Waals surface area (Å²) in [4.78, 5) is 4.17. The molecule has 1 heterocycles. The molecule has 0 aliphatic carbocycles. The van der Waals surface area contributed by atoms with E-state index in [0.717, 1.165) is 17.9 Å². The highest BCUT2D eigenvalue weighted by atomic mass is 35.5. The Morgan fingerprint density at radius 3 is 2.89 bits per heavy atom. The van der Waals surface area contributed by atoms with Crippen molar-refractivity contribution in [3.63, 3.8) is 0 Å². The summed E-state index contributed by atoms with van der Waals surface area (Å²) < 4.78 is 12.9. The summed E-state index contributed by atoms with van der Waals surface area (Å²) in [6, 6.07) is 5.64. The van der Waals surface area contributed by atoms with Gasteiger partial charge in [-0.3, -0.25) is 0 Å². The molecule has 0 N–H and O–H groups in total. The van der Waals surface area contributed by atoms with Crippen LogP contribution in [0.15, 0.2) is 24.5 Å². The predicted octanol–water partition coefficient (Wildman–Crippen LogP) is 2.62. The molecule has 5 nitrogen and oxygen atoms in total. The Kier molecular flexibility index (Phi) is 4.63. The second-order valence-electron chi connectivity index (χ2n) is 3.86. The lowest BCUT2D eigenvalue weighted by Crippen LogP contribution is -2.08. The summed E-state index contributed by atoms with van der Waals surface area (Å²) in [5, 5.41) is 4.10. The molecule has 102 valence electrons. The molecule has 0 saturated heterocycles. The normalized spacial score (nSPS) is 10.5. The van der Waals surface area contributed by atoms with Crippen molar-refractivity contribution in [3.05, 3.63) is 35.9 Å². The number of halogens is 1. The molecule has 0 amide bonds. The number of benzene rings is 1. The minimum absolute atomic E-state index is 0.331. The van der Waals surface area contributed by atoms with Gasteiger partial charge in [0.25, 0.3) is 0 Å². The third-order valence-electron chi connectivity index (χ3n) is 2.77. The predicted molar refractivity (Wildman–Crippen MR) is 72.6 cm³/mol. The van der Waals surface area contributed by atoms with E-state index in [1.165, 1.54) is 6.33 Å². The minimum atomic E-state index is 0.331. The number of methoxy groups -OCH3 is 1. The maximum atomic E-state index is 5.91. The van der Waals surface area contributed by atoms with Gasteiger partial charge in [0.15, 0.2) is 17.3 Å². The molecule has 0 spiro atoms. The van der Waals surface area contributed by atoms with Crippen molar-refractivity contribution in [2.24, 2.45) is 0 Å². The number of aryl methyl sites for hydroxylation is 1. The van der Waals surface area contributed by atoms with E-state index in [1.807, 2.05) is 25.1 Å². The number of hydrogen-bond donors (Lipinski definition) is 0. The lowest BCUT2D eigenvalue weighted by molar-refractivity contribution is 0.267. The van der Waals surface area contributed by atoms with Crippen molar-refractivity contribution >= 4 is 11.6 Å². The summed E-state index contributed by atoms with van der Waals surface area (Å²) in [5.74, 6) is 2.47. The molecule has 0 atom stereocenters. The molecule has 0 radical (unpaired) electrons. The first-order valence-electron chi connectivity index (χ1n) is 6.01. The third kappa shape index (κ3) is 2.98. The van der Waals surface area contributed by atoms with Crippen LogP contribution in [0.1, 0.15) is 18.3 Å². The van der Waals surface area contributed by atoms with Crippen molar-refractivity contribution in [3.8, 4) is 11.5 Å². The Bertz CT molecular complexity index is 520. The maximum absolute atomic E-state index is 5.91. The average Bonchev–Trinajstić information content (AvgIpc) is 2.91. The molecule has 0 aliphatic rings. The Labute approximate surface area is 117 Å². The number of rotatable bonds is 6. The number of alkyl halides is 1. The lowest BCUT2D eigenvalue weighted by atomic mass is 10.2. The van der Waals surface area contributed by atoms with Gasteiger partial charge in [0, 0.05) is 12.1 Å². The van der Waals surface area contributed by atoms with Crippen LogP contribution in [0.4, 0.5) is 0 Å². The Balaban J connectivity index is 2.19. The summed E-state index contributed by atoms with van der Waals surface area (Å²) in [6.07, 6.45) is 1.52. The van der Waals surface area contributed by atoms with E-state index in [-0.39, 0.29) is 0 Å². The number of ether oxygens (including phenoxy) is 2. The van der Waals surface area contributed by atoms with Gasteiger partial charge in [-0.25, -0.2) is 9.67 Å². The molecule has 1 aromatic carbocycles. The van der Waals surface area contributed by atoms with E-state index < -0.39 is 0 Å². The van der Waals surface area contributed by atoms with Crippen LogP contribution in [0, 0.1) is 0 Å². The van der Waals surface area contributed by atoms with Gasteiger partial charge in [-0.05, 0) is 13.0 Å². The molecule has 0 saturated carbocycles. The third-order valence-corrected chi connectivity index (χ3v) is 3.05. The molecule has 0 fully saturated rings. The summed E-state index contributed by atoms with van der Waals surface area (Å²) in [6.45, 7) is 3.09. The van der Waals surface area contributed by atoms with E-state index in [4.69, 9.17) is 21.1 Å². The lowest BCUT2D eigenvalue weighted by Gasteiger charge is -2.13. The van der Waals surface area contributed by atoms with Crippen molar-refractivity contribution in [1.29, 1.82) is 0 Å².